The molecule has 0 spiro atoms. The Labute approximate surface area is 125 Å². The van der Waals surface area contributed by atoms with E-state index < -0.39 is 23.2 Å². The minimum atomic E-state index is -1.40. The van der Waals surface area contributed by atoms with E-state index in [1.54, 1.807) is 18.2 Å². The number of aromatic carboxylic acids is 1. The molecule has 0 fully saturated rings. The molecule has 3 aromatic rings. The Morgan fingerprint density at radius 3 is 2.62 bits per heavy atom. The van der Waals surface area contributed by atoms with Crippen LogP contribution in [0.25, 0.3) is 22.6 Å². The van der Waals surface area contributed by atoms with Crippen molar-refractivity contribution >= 4 is 33.0 Å². The lowest BCUT2D eigenvalue weighted by Crippen LogP contribution is -2.02. The number of carboxylic acid groups (broad SMARTS) is 1. The first-order valence-corrected chi connectivity index (χ1v) is 6.54. The van der Waals surface area contributed by atoms with Crippen LogP contribution >= 0.6 is 15.9 Å². The van der Waals surface area contributed by atoms with E-state index in [2.05, 4.69) is 20.9 Å². The second kappa shape index (κ2) is 4.92. The summed E-state index contributed by atoms with van der Waals surface area (Å²) in [4.78, 5) is 15.3. The highest BCUT2D eigenvalue weighted by Crippen LogP contribution is 2.30. The van der Waals surface area contributed by atoms with Gasteiger partial charge in [-0.2, -0.15) is 0 Å². The van der Waals surface area contributed by atoms with Gasteiger partial charge >= 0.3 is 5.97 Å². The summed E-state index contributed by atoms with van der Waals surface area (Å²) in [6, 6.07) is 6.40. The van der Waals surface area contributed by atoms with Crippen molar-refractivity contribution < 1.29 is 23.1 Å². The summed E-state index contributed by atoms with van der Waals surface area (Å²) >= 11 is 3.27. The van der Waals surface area contributed by atoms with Crippen molar-refractivity contribution in [3.05, 3.63) is 52.0 Å². The van der Waals surface area contributed by atoms with E-state index in [1.165, 1.54) is 0 Å². The van der Waals surface area contributed by atoms with Gasteiger partial charge in [0.05, 0.1) is 11.1 Å². The van der Waals surface area contributed by atoms with Gasteiger partial charge in [-0.3, -0.25) is 0 Å². The smallest absolute Gasteiger partial charge is 0.336 e. The second-order valence-electron chi connectivity index (χ2n) is 4.25. The highest BCUT2D eigenvalue weighted by Gasteiger charge is 2.20. The summed E-state index contributed by atoms with van der Waals surface area (Å²) in [5, 5.41) is 9.10. The van der Waals surface area contributed by atoms with Crippen molar-refractivity contribution in [3.8, 4) is 11.5 Å². The molecular weight excluding hydrogens is 348 g/mol. The molecule has 0 bridgehead atoms. The van der Waals surface area contributed by atoms with Crippen LogP contribution < -0.4 is 0 Å². The zero-order chi connectivity index (χ0) is 15.1. The number of hydrogen-bond donors (Lipinski definition) is 1. The molecule has 0 saturated heterocycles. The molecule has 1 aromatic heterocycles. The minimum absolute atomic E-state index is 0.0839. The van der Waals surface area contributed by atoms with E-state index >= 15 is 0 Å². The fraction of sp³-hybridized carbons (Fsp3) is 0. The number of carboxylic acids is 1. The molecule has 2 aromatic carbocycles. The fourth-order valence-electron chi connectivity index (χ4n) is 1.92. The average molecular weight is 354 g/mol. The molecule has 0 aliphatic heterocycles. The number of oxazole rings is 1. The van der Waals surface area contributed by atoms with Gasteiger partial charge in [-0.05, 0) is 30.3 Å². The molecule has 0 aliphatic carbocycles. The van der Waals surface area contributed by atoms with Gasteiger partial charge in [0.1, 0.15) is 5.52 Å². The predicted molar refractivity (Wildman–Crippen MR) is 74.0 cm³/mol. The molecule has 0 atom stereocenters. The monoisotopic (exact) mass is 353 g/mol. The van der Waals surface area contributed by atoms with Crippen LogP contribution in [0.15, 0.2) is 39.2 Å². The number of aromatic nitrogens is 1. The number of carbonyl (C=O) groups is 1. The van der Waals surface area contributed by atoms with E-state index in [9.17, 15) is 13.6 Å². The normalized spacial score (nSPS) is 11.0. The standard InChI is InChI=1S/C14H6BrF2NO3/c15-6-1-2-12-11(3-6)18-13(21-12)7-4-9(16)10(17)5-8(7)14(19)20/h1-5H,(H,19,20). The molecular formula is C14H6BrF2NO3. The topological polar surface area (TPSA) is 63.3 Å². The van der Waals surface area contributed by atoms with E-state index in [-0.39, 0.29) is 11.5 Å². The van der Waals surface area contributed by atoms with E-state index in [4.69, 9.17) is 9.52 Å². The highest BCUT2D eigenvalue weighted by atomic mass is 79.9. The third-order valence-corrected chi connectivity index (χ3v) is 3.36. The predicted octanol–water partition coefficient (Wildman–Crippen LogP) is 4.23. The zero-order valence-electron chi connectivity index (χ0n) is 10.2. The number of nitrogens with zero attached hydrogens (tertiary/aromatic N) is 1. The molecule has 21 heavy (non-hydrogen) atoms. The summed E-state index contributed by atoms with van der Waals surface area (Å²) in [5.41, 5.74) is 0.350. The lowest BCUT2D eigenvalue weighted by Gasteiger charge is -2.03. The number of hydrogen-bond acceptors (Lipinski definition) is 3. The Morgan fingerprint density at radius 2 is 1.90 bits per heavy atom. The Bertz CT molecular complexity index is 876. The van der Waals surface area contributed by atoms with Gasteiger partial charge in [-0.15, -0.1) is 0 Å². The highest BCUT2D eigenvalue weighted by molar-refractivity contribution is 9.10. The Hall–Kier alpha value is -2.28. The van der Waals surface area contributed by atoms with Gasteiger partial charge in [0.15, 0.2) is 17.2 Å². The van der Waals surface area contributed by atoms with E-state index in [1.807, 2.05) is 0 Å². The maximum absolute atomic E-state index is 13.4. The van der Waals surface area contributed by atoms with Gasteiger partial charge in [0.25, 0.3) is 0 Å². The van der Waals surface area contributed by atoms with Crippen LogP contribution in [0.4, 0.5) is 8.78 Å². The van der Waals surface area contributed by atoms with Gasteiger partial charge in [-0.1, -0.05) is 15.9 Å². The molecule has 0 aliphatic rings. The summed E-state index contributed by atoms with van der Waals surface area (Å²) < 4.78 is 32.8. The quantitative estimate of drug-likeness (QED) is 0.748. The summed E-state index contributed by atoms with van der Waals surface area (Å²) in [7, 11) is 0. The van der Waals surface area contributed by atoms with Gasteiger partial charge in [-0.25, -0.2) is 18.6 Å². The van der Waals surface area contributed by atoms with Crippen LogP contribution in [-0.2, 0) is 0 Å². The third kappa shape index (κ3) is 2.40. The molecule has 7 heteroatoms. The maximum atomic E-state index is 13.4. The first-order valence-electron chi connectivity index (χ1n) is 5.74. The first kappa shape index (κ1) is 13.7. The largest absolute Gasteiger partial charge is 0.478 e. The summed E-state index contributed by atoms with van der Waals surface area (Å²) in [5.74, 6) is -3.89. The molecule has 4 nitrogen and oxygen atoms in total. The molecule has 1 heterocycles. The van der Waals surface area contributed by atoms with Gasteiger partial charge in [0, 0.05) is 4.47 Å². The van der Waals surface area contributed by atoms with Crippen LogP contribution in [0, 0.1) is 11.6 Å². The lowest BCUT2D eigenvalue weighted by atomic mass is 10.1. The molecule has 0 saturated carbocycles. The van der Waals surface area contributed by atoms with Gasteiger partial charge in [0.2, 0.25) is 5.89 Å². The maximum Gasteiger partial charge on any atom is 0.336 e. The molecule has 0 unspecified atom stereocenters. The fourth-order valence-corrected chi connectivity index (χ4v) is 2.27. The number of benzene rings is 2. The number of fused-ring (bicyclic) bond motifs is 1. The number of rotatable bonds is 2. The molecule has 106 valence electrons. The summed E-state index contributed by atoms with van der Waals surface area (Å²) in [6.07, 6.45) is 0. The molecule has 1 N–H and O–H groups in total. The average Bonchev–Trinajstić information content (AvgIpc) is 2.83. The van der Waals surface area contributed by atoms with Crippen molar-refractivity contribution in [2.24, 2.45) is 0 Å². The summed E-state index contributed by atoms with van der Waals surface area (Å²) in [6.45, 7) is 0. The third-order valence-electron chi connectivity index (χ3n) is 2.87. The van der Waals surface area contributed by atoms with Crippen LogP contribution in [-0.4, -0.2) is 16.1 Å². The SMILES string of the molecule is O=C(O)c1cc(F)c(F)cc1-c1nc2cc(Br)ccc2o1. The molecule has 0 radical (unpaired) electrons. The van der Waals surface area contributed by atoms with Crippen LogP contribution in [0.5, 0.6) is 0 Å². The Balaban J connectivity index is 2.26. The van der Waals surface area contributed by atoms with Crippen LogP contribution in [0.1, 0.15) is 10.4 Å². The van der Waals surface area contributed by atoms with Crippen molar-refractivity contribution in [3.63, 3.8) is 0 Å². The van der Waals surface area contributed by atoms with E-state index in [0.717, 1.165) is 10.5 Å². The molecule has 3 rings (SSSR count). The van der Waals surface area contributed by atoms with Crippen molar-refractivity contribution in [2.75, 3.05) is 0 Å². The number of halogens is 3. The van der Waals surface area contributed by atoms with E-state index in [0.29, 0.717) is 17.2 Å². The van der Waals surface area contributed by atoms with Crippen molar-refractivity contribution in [2.45, 2.75) is 0 Å². The van der Waals surface area contributed by atoms with Crippen molar-refractivity contribution in [1.29, 1.82) is 0 Å². The zero-order valence-corrected chi connectivity index (χ0v) is 11.8. The Morgan fingerprint density at radius 1 is 1.19 bits per heavy atom. The lowest BCUT2D eigenvalue weighted by molar-refractivity contribution is 0.0697. The molecule has 0 amide bonds. The van der Waals surface area contributed by atoms with Crippen molar-refractivity contribution in [1.82, 2.24) is 4.98 Å². The Kier molecular flexibility index (Phi) is 3.21. The van der Waals surface area contributed by atoms with Crippen LogP contribution in [0.2, 0.25) is 0 Å². The first-order chi connectivity index (χ1) is 9.95. The minimum Gasteiger partial charge on any atom is -0.478 e. The van der Waals surface area contributed by atoms with Gasteiger partial charge < -0.3 is 9.52 Å². The van der Waals surface area contributed by atoms with Crippen LogP contribution in [0.3, 0.4) is 0 Å². The second-order valence-corrected chi connectivity index (χ2v) is 5.16.